The Balaban J connectivity index is 0.000000360. The lowest BCUT2D eigenvalue weighted by Crippen LogP contribution is -3.00. The summed E-state index contributed by atoms with van der Waals surface area (Å²) >= 11 is 0. The number of piperidine rings is 1. The van der Waals surface area contributed by atoms with Crippen molar-refractivity contribution < 1.29 is 32.5 Å². The molecule has 0 spiro atoms. The summed E-state index contributed by atoms with van der Waals surface area (Å²) in [5.74, 6) is 0. The zero-order chi connectivity index (χ0) is 6.77. The number of fused-ring (bicyclic) bond motifs is 5. The second-order valence-electron chi connectivity index (χ2n) is 4.25. The molecule has 0 aromatic heterocycles. The molecule has 4 N–H and O–H groups in total. The zero-order valence-corrected chi connectivity index (χ0v) is 8.80. The van der Waals surface area contributed by atoms with Crippen LogP contribution < -0.4 is 22.3 Å². The van der Waals surface area contributed by atoms with E-state index >= 15 is 0 Å². The van der Waals surface area contributed by atoms with Gasteiger partial charge in [0.1, 0.15) is 23.8 Å². The van der Waals surface area contributed by atoms with E-state index in [1.165, 1.54) is 19.3 Å². The van der Waals surface area contributed by atoms with Crippen molar-refractivity contribution >= 4 is 0 Å². The molecule has 3 heterocycles. The highest BCUT2D eigenvalue weighted by molar-refractivity contribution is 5.08. The maximum absolute atomic E-state index is 5.59. The maximum Gasteiger partial charge on any atom is 0.144 e. The quantitative estimate of drug-likeness (QED) is 0.428. The number of morpholine rings is 1. The molecule has 0 saturated carbocycles. The van der Waals surface area contributed by atoms with Gasteiger partial charge in [-0.15, -0.1) is 0 Å². The van der Waals surface area contributed by atoms with Gasteiger partial charge < -0.3 is 32.5 Å². The Morgan fingerprint density at radius 2 is 2.25 bits per heavy atom. The van der Waals surface area contributed by atoms with Crippen LogP contribution in [0.15, 0.2) is 0 Å². The Hall–Kier alpha value is 0.360. The monoisotopic (exact) mass is 237 g/mol. The van der Waals surface area contributed by atoms with Crippen molar-refractivity contribution in [2.45, 2.75) is 50.0 Å². The summed E-state index contributed by atoms with van der Waals surface area (Å²) in [5.41, 5.74) is 0.480. The molecule has 0 aliphatic carbocycles. The van der Waals surface area contributed by atoms with Gasteiger partial charge in [-0.2, -0.15) is 0 Å². The fourth-order valence-corrected chi connectivity index (χ4v) is 2.85. The molecule has 4 heteroatoms. The van der Waals surface area contributed by atoms with Crippen molar-refractivity contribution in [2.75, 3.05) is 0 Å². The molecule has 0 amide bonds. The number of nitrogens with two attached hydrogens (primary N) is 1. The largest absolute Gasteiger partial charge is 1.00 e. The molecule has 12 heavy (non-hydrogen) atoms. The summed E-state index contributed by atoms with van der Waals surface area (Å²) in [5, 5.41) is 2.55. The van der Waals surface area contributed by atoms with E-state index in [4.69, 9.17) is 4.74 Å². The Morgan fingerprint density at radius 3 is 2.83 bits per heavy atom. The smallest absolute Gasteiger partial charge is 0.144 e. The highest BCUT2D eigenvalue weighted by Gasteiger charge is 2.67. The first-order valence-electron chi connectivity index (χ1n) is 4.31. The van der Waals surface area contributed by atoms with Crippen LogP contribution in [0.3, 0.4) is 0 Å². The lowest BCUT2D eigenvalue weighted by Gasteiger charge is -2.29. The first-order chi connectivity index (χ1) is 4.80. The molecule has 0 aromatic rings. The SMILES string of the molecule is CC12CCCC([NH2+]1)C1OC12.O.[Br-]. The van der Waals surface area contributed by atoms with E-state index in [9.17, 15) is 0 Å². The Bertz CT molecular complexity index is 188. The topological polar surface area (TPSA) is 60.6 Å². The van der Waals surface area contributed by atoms with Crippen molar-refractivity contribution in [3.63, 3.8) is 0 Å². The van der Waals surface area contributed by atoms with Crippen molar-refractivity contribution in [2.24, 2.45) is 0 Å². The van der Waals surface area contributed by atoms with Crippen LogP contribution in [0.1, 0.15) is 26.2 Å². The summed E-state index contributed by atoms with van der Waals surface area (Å²) in [4.78, 5) is 0. The van der Waals surface area contributed by atoms with Gasteiger partial charge in [-0.1, -0.05) is 0 Å². The number of ether oxygens (including phenoxy) is 1. The van der Waals surface area contributed by atoms with Gasteiger partial charge in [0.25, 0.3) is 0 Å². The predicted molar refractivity (Wildman–Crippen MR) is 40.2 cm³/mol. The third-order valence-corrected chi connectivity index (χ3v) is 3.45. The van der Waals surface area contributed by atoms with Crippen LogP contribution in [0.4, 0.5) is 0 Å². The van der Waals surface area contributed by atoms with Gasteiger partial charge in [-0.05, 0) is 13.3 Å². The first-order valence-corrected chi connectivity index (χ1v) is 4.31. The Kier molecular flexibility index (Phi) is 2.56. The molecule has 72 valence electrons. The number of quaternary nitrogens is 1. The van der Waals surface area contributed by atoms with Gasteiger partial charge in [0, 0.05) is 12.8 Å². The standard InChI is InChI=1S/C8H13NO.BrH.H2O/c1-8-4-2-3-5(9-8)6-7(8)10-6;;/h5-7,9H,2-4H2,1H3;1H;1H2. The number of halogens is 1. The summed E-state index contributed by atoms with van der Waals surface area (Å²) < 4.78 is 5.59. The van der Waals surface area contributed by atoms with Crippen LogP contribution >= 0.6 is 0 Å². The normalized spacial score (nSPS) is 53.2. The molecule has 3 aliphatic heterocycles. The van der Waals surface area contributed by atoms with Crippen molar-refractivity contribution in [3.8, 4) is 0 Å². The van der Waals surface area contributed by atoms with E-state index in [0.717, 1.165) is 6.04 Å². The van der Waals surface area contributed by atoms with Gasteiger partial charge in [0.05, 0.1) is 0 Å². The minimum atomic E-state index is 0. The van der Waals surface area contributed by atoms with Crippen LogP contribution in [0.5, 0.6) is 0 Å². The van der Waals surface area contributed by atoms with Gasteiger partial charge in [-0.25, -0.2) is 0 Å². The molecule has 0 radical (unpaired) electrons. The lowest BCUT2D eigenvalue weighted by molar-refractivity contribution is -0.754. The number of hydrogen-bond donors (Lipinski definition) is 1. The summed E-state index contributed by atoms with van der Waals surface area (Å²) in [6.07, 6.45) is 5.45. The molecule has 3 rings (SSSR count). The summed E-state index contributed by atoms with van der Waals surface area (Å²) in [7, 11) is 0. The molecule has 3 nitrogen and oxygen atoms in total. The molecule has 3 fully saturated rings. The molecule has 2 bridgehead atoms. The Morgan fingerprint density at radius 1 is 1.50 bits per heavy atom. The number of epoxide rings is 1. The average Bonchev–Trinajstić information content (AvgIpc) is 2.61. The third-order valence-electron chi connectivity index (χ3n) is 3.45. The van der Waals surface area contributed by atoms with E-state index in [1.54, 1.807) is 0 Å². The van der Waals surface area contributed by atoms with Gasteiger partial charge in [0.2, 0.25) is 0 Å². The maximum atomic E-state index is 5.59. The molecular weight excluding hydrogens is 222 g/mol. The van der Waals surface area contributed by atoms with Crippen LogP contribution in [-0.4, -0.2) is 29.3 Å². The van der Waals surface area contributed by atoms with Gasteiger partial charge in [-0.3, -0.25) is 0 Å². The summed E-state index contributed by atoms with van der Waals surface area (Å²) in [6, 6.07) is 0.823. The molecular formula is C8H16BrNO2. The highest BCUT2D eigenvalue weighted by Crippen LogP contribution is 2.43. The molecule has 4 atom stereocenters. The van der Waals surface area contributed by atoms with Crippen LogP contribution in [0.2, 0.25) is 0 Å². The van der Waals surface area contributed by atoms with Crippen molar-refractivity contribution in [3.05, 3.63) is 0 Å². The van der Waals surface area contributed by atoms with E-state index in [0.29, 0.717) is 17.7 Å². The van der Waals surface area contributed by atoms with Crippen molar-refractivity contribution in [1.82, 2.24) is 0 Å². The molecule has 3 aliphatic rings. The van der Waals surface area contributed by atoms with Crippen LogP contribution in [-0.2, 0) is 4.74 Å². The Labute approximate surface area is 82.9 Å². The second-order valence-corrected chi connectivity index (χ2v) is 4.25. The van der Waals surface area contributed by atoms with E-state index < -0.39 is 0 Å². The second kappa shape index (κ2) is 2.94. The van der Waals surface area contributed by atoms with Crippen LogP contribution in [0, 0.1) is 0 Å². The number of hydrogen-bond acceptors (Lipinski definition) is 1. The first kappa shape index (κ1) is 10.4. The van der Waals surface area contributed by atoms with E-state index in [2.05, 4.69) is 12.2 Å². The average molecular weight is 238 g/mol. The molecule has 0 aromatic carbocycles. The van der Waals surface area contributed by atoms with Crippen molar-refractivity contribution in [1.29, 1.82) is 0 Å². The summed E-state index contributed by atoms with van der Waals surface area (Å²) in [6.45, 7) is 2.36. The predicted octanol–water partition coefficient (Wildman–Crippen LogP) is -4.18. The van der Waals surface area contributed by atoms with Gasteiger partial charge in [0.15, 0.2) is 0 Å². The number of rotatable bonds is 0. The fraction of sp³-hybridized carbons (Fsp3) is 1.00. The van der Waals surface area contributed by atoms with Gasteiger partial charge >= 0.3 is 0 Å². The van der Waals surface area contributed by atoms with E-state index in [1.807, 2.05) is 0 Å². The molecule has 3 saturated heterocycles. The minimum Gasteiger partial charge on any atom is -1.00 e. The fourth-order valence-electron chi connectivity index (χ4n) is 2.85. The van der Waals surface area contributed by atoms with E-state index in [-0.39, 0.29) is 22.5 Å². The lowest BCUT2D eigenvalue weighted by atomic mass is 9.92. The minimum absolute atomic E-state index is 0. The highest BCUT2D eigenvalue weighted by atomic mass is 79.9. The molecule has 4 unspecified atom stereocenters. The van der Waals surface area contributed by atoms with Crippen LogP contribution in [0.25, 0.3) is 0 Å². The zero-order valence-electron chi connectivity index (χ0n) is 7.22. The third kappa shape index (κ3) is 1.13.